The molecule has 0 bridgehead atoms. The number of carbonyl (C=O) groups is 1. The van der Waals surface area contributed by atoms with Crippen LogP contribution in [0.15, 0.2) is 69.6 Å². The minimum atomic E-state index is -0.658. The van der Waals surface area contributed by atoms with Crippen molar-refractivity contribution >= 4 is 29.1 Å². The fourth-order valence-corrected chi connectivity index (χ4v) is 6.05. The second-order valence-corrected chi connectivity index (χ2v) is 10.2. The molecule has 0 saturated carbocycles. The molecule has 192 valence electrons. The molecule has 7 nitrogen and oxygen atoms in total. The predicted octanol–water partition coefficient (Wildman–Crippen LogP) is 3.80. The first-order chi connectivity index (χ1) is 18.0. The zero-order valence-electron chi connectivity index (χ0n) is 21.4. The van der Waals surface area contributed by atoms with Gasteiger partial charge in [-0.3, -0.25) is 9.36 Å². The van der Waals surface area contributed by atoms with E-state index >= 15 is 0 Å². The second-order valence-electron chi connectivity index (χ2n) is 9.22. The average molecular weight is 518 g/mol. The van der Waals surface area contributed by atoms with Gasteiger partial charge >= 0.3 is 5.97 Å². The van der Waals surface area contributed by atoms with E-state index in [2.05, 4.69) is 34.2 Å². The molecule has 8 heteroatoms. The van der Waals surface area contributed by atoms with E-state index in [4.69, 9.17) is 9.47 Å². The molecule has 3 aromatic rings. The van der Waals surface area contributed by atoms with E-state index in [1.165, 1.54) is 36.3 Å². The third-order valence-electron chi connectivity index (χ3n) is 6.84. The summed E-state index contributed by atoms with van der Waals surface area (Å²) in [5.41, 5.74) is 3.64. The van der Waals surface area contributed by atoms with Gasteiger partial charge in [0.15, 0.2) is 4.80 Å². The Morgan fingerprint density at radius 1 is 1.14 bits per heavy atom. The van der Waals surface area contributed by atoms with Crippen LogP contribution in [-0.2, 0) is 9.53 Å². The molecule has 1 atom stereocenters. The minimum Gasteiger partial charge on any atom is -0.497 e. The number of aromatic nitrogens is 1. The van der Waals surface area contributed by atoms with Crippen LogP contribution in [0.3, 0.4) is 0 Å². The highest BCUT2D eigenvalue weighted by Crippen LogP contribution is 2.32. The Hall–Kier alpha value is -3.65. The summed E-state index contributed by atoms with van der Waals surface area (Å²) in [6, 6.07) is 15.1. The highest BCUT2D eigenvalue weighted by Gasteiger charge is 2.33. The molecule has 0 spiro atoms. The van der Waals surface area contributed by atoms with Gasteiger partial charge in [0.05, 0.1) is 35.6 Å². The smallest absolute Gasteiger partial charge is 0.338 e. The zero-order valence-corrected chi connectivity index (χ0v) is 22.2. The van der Waals surface area contributed by atoms with Crippen molar-refractivity contribution in [1.29, 1.82) is 0 Å². The molecule has 1 aromatic heterocycles. The van der Waals surface area contributed by atoms with Crippen LogP contribution >= 0.6 is 11.3 Å². The standard InChI is InChI=1S/C29H31N3O4S/c1-4-36-28(34)25-19(2)30-29-32(26(25)21-9-8-10-23(18-21)35-3)27(33)24(37-29)17-20-11-13-22(14-12-20)31-15-6-5-7-16-31/h8-14,17-18,26H,4-7,15-16H2,1-3H3/b24-17+/t26-/m1/s1. The van der Waals surface area contributed by atoms with Crippen LogP contribution < -0.4 is 24.5 Å². The number of hydrogen-bond acceptors (Lipinski definition) is 7. The molecular formula is C29H31N3O4S. The van der Waals surface area contributed by atoms with E-state index < -0.39 is 12.0 Å². The Bertz CT molecular complexity index is 1510. The molecular weight excluding hydrogens is 486 g/mol. The molecule has 2 aromatic carbocycles. The Balaban J connectivity index is 1.59. The fourth-order valence-electron chi connectivity index (χ4n) is 5.00. The number of piperidine rings is 1. The summed E-state index contributed by atoms with van der Waals surface area (Å²) in [6.45, 7) is 5.96. The molecule has 1 saturated heterocycles. The maximum Gasteiger partial charge on any atom is 0.338 e. The number of esters is 1. The van der Waals surface area contributed by atoms with Gasteiger partial charge in [-0.1, -0.05) is 35.6 Å². The lowest BCUT2D eigenvalue weighted by Crippen LogP contribution is -2.39. The molecule has 37 heavy (non-hydrogen) atoms. The maximum atomic E-state index is 13.8. The van der Waals surface area contributed by atoms with Crippen LogP contribution in [0.2, 0.25) is 0 Å². The van der Waals surface area contributed by atoms with Gasteiger partial charge < -0.3 is 14.4 Å². The zero-order chi connectivity index (χ0) is 25.9. The first-order valence-corrected chi connectivity index (χ1v) is 13.5. The third-order valence-corrected chi connectivity index (χ3v) is 7.82. The monoisotopic (exact) mass is 517 g/mol. The quantitative estimate of drug-likeness (QED) is 0.465. The molecule has 0 amide bonds. The van der Waals surface area contributed by atoms with Gasteiger partial charge in [-0.25, -0.2) is 9.79 Å². The first kappa shape index (κ1) is 25.0. The lowest BCUT2D eigenvalue weighted by Gasteiger charge is -2.28. The fraction of sp³-hybridized carbons (Fsp3) is 0.345. The summed E-state index contributed by atoms with van der Waals surface area (Å²) in [7, 11) is 1.59. The topological polar surface area (TPSA) is 73.1 Å². The Morgan fingerprint density at radius 2 is 1.89 bits per heavy atom. The van der Waals surface area contributed by atoms with Crippen LogP contribution in [0.25, 0.3) is 6.08 Å². The maximum absolute atomic E-state index is 13.8. The number of thiazole rings is 1. The average Bonchev–Trinajstić information content (AvgIpc) is 3.23. The molecule has 5 rings (SSSR count). The molecule has 1 fully saturated rings. The summed E-state index contributed by atoms with van der Waals surface area (Å²) >= 11 is 1.33. The molecule has 0 unspecified atom stereocenters. The van der Waals surface area contributed by atoms with Crippen molar-refractivity contribution in [2.75, 3.05) is 31.7 Å². The van der Waals surface area contributed by atoms with Crippen molar-refractivity contribution in [2.24, 2.45) is 4.99 Å². The largest absolute Gasteiger partial charge is 0.497 e. The SMILES string of the molecule is CCOC(=O)C1=C(C)N=c2s/c(=C/c3ccc(N4CCCCC4)cc3)c(=O)n2[C@@H]1c1cccc(OC)c1. The lowest BCUT2D eigenvalue weighted by molar-refractivity contribution is -0.139. The van der Waals surface area contributed by atoms with Crippen molar-refractivity contribution in [3.8, 4) is 5.75 Å². The second kappa shape index (κ2) is 10.8. The predicted molar refractivity (Wildman–Crippen MR) is 146 cm³/mol. The van der Waals surface area contributed by atoms with E-state index in [1.807, 2.05) is 30.3 Å². The number of hydrogen-bond donors (Lipinski definition) is 0. The number of benzene rings is 2. The summed E-state index contributed by atoms with van der Waals surface area (Å²) in [5.74, 6) is 0.172. The summed E-state index contributed by atoms with van der Waals surface area (Å²) in [5, 5.41) is 0. The van der Waals surface area contributed by atoms with Crippen molar-refractivity contribution < 1.29 is 14.3 Å². The van der Waals surface area contributed by atoms with Crippen LogP contribution in [0.5, 0.6) is 5.75 Å². The number of carbonyl (C=O) groups excluding carboxylic acids is 1. The minimum absolute atomic E-state index is 0.189. The molecule has 0 N–H and O–H groups in total. The molecule has 0 radical (unpaired) electrons. The summed E-state index contributed by atoms with van der Waals surface area (Å²) < 4.78 is 13.0. The number of allylic oxidation sites excluding steroid dienone is 1. The van der Waals surface area contributed by atoms with E-state index in [-0.39, 0.29) is 12.2 Å². The number of ether oxygens (including phenoxy) is 2. The van der Waals surface area contributed by atoms with Gasteiger partial charge in [0.25, 0.3) is 5.56 Å². The van der Waals surface area contributed by atoms with Gasteiger partial charge in [0.2, 0.25) is 0 Å². The molecule has 3 heterocycles. The molecule has 2 aliphatic heterocycles. The number of anilines is 1. The number of nitrogens with zero attached hydrogens (tertiary/aromatic N) is 3. The number of rotatable bonds is 6. The van der Waals surface area contributed by atoms with Crippen LogP contribution in [0, 0.1) is 0 Å². The summed E-state index contributed by atoms with van der Waals surface area (Å²) in [6.07, 6.45) is 5.65. The highest BCUT2D eigenvalue weighted by molar-refractivity contribution is 7.07. The first-order valence-electron chi connectivity index (χ1n) is 12.7. The van der Waals surface area contributed by atoms with Crippen LogP contribution in [0.1, 0.15) is 50.3 Å². The van der Waals surface area contributed by atoms with Crippen molar-refractivity contribution in [3.63, 3.8) is 0 Å². The van der Waals surface area contributed by atoms with Gasteiger partial charge in [-0.05, 0) is 74.6 Å². The van der Waals surface area contributed by atoms with Gasteiger partial charge in [-0.15, -0.1) is 0 Å². The Kier molecular flexibility index (Phi) is 7.28. The number of fused-ring (bicyclic) bond motifs is 1. The Labute approximate surface area is 220 Å². The van der Waals surface area contributed by atoms with Crippen molar-refractivity contribution in [3.05, 3.63) is 90.6 Å². The third kappa shape index (κ3) is 4.98. The van der Waals surface area contributed by atoms with Gasteiger partial charge in [-0.2, -0.15) is 0 Å². The Morgan fingerprint density at radius 3 is 2.59 bits per heavy atom. The van der Waals surface area contributed by atoms with Crippen molar-refractivity contribution in [1.82, 2.24) is 4.57 Å². The van der Waals surface area contributed by atoms with Crippen LogP contribution in [-0.4, -0.2) is 37.3 Å². The molecule has 0 aliphatic carbocycles. The number of methoxy groups -OCH3 is 1. The van der Waals surface area contributed by atoms with Gasteiger partial charge in [0, 0.05) is 18.8 Å². The summed E-state index contributed by atoms with van der Waals surface area (Å²) in [4.78, 5) is 34.4. The van der Waals surface area contributed by atoms with E-state index in [0.717, 1.165) is 24.2 Å². The lowest BCUT2D eigenvalue weighted by atomic mass is 9.95. The van der Waals surface area contributed by atoms with Gasteiger partial charge in [0.1, 0.15) is 5.75 Å². The van der Waals surface area contributed by atoms with E-state index in [0.29, 0.717) is 26.4 Å². The van der Waals surface area contributed by atoms with E-state index in [1.54, 1.807) is 25.5 Å². The van der Waals surface area contributed by atoms with E-state index in [9.17, 15) is 9.59 Å². The molecule has 2 aliphatic rings. The normalized spacial score (nSPS) is 17.9. The van der Waals surface area contributed by atoms with Crippen molar-refractivity contribution in [2.45, 2.75) is 39.2 Å². The highest BCUT2D eigenvalue weighted by atomic mass is 32.1. The van der Waals surface area contributed by atoms with Crippen LogP contribution in [0.4, 0.5) is 5.69 Å².